The normalized spacial score (nSPS) is 12.1. The van der Waals surface area contributed by atoms with E-state index in [1.165, 1.54) is 205 Å². The van der Waals surface area contributed by atoms with E-state index in [9.17, 15) is 14.4 Å². The molecule has 0 spiro atoms. The van der Waals surface area contributed by atoms with Crippen LogP contribution in [0.25, 0.3) is 0 Å². The van der Waals surface area contributed by atoms with Crippen molar-refractivity contribution in [3.05, 3.63) is 24.3 Å². The Hall–Kier alpha value is -2.11. The molecule has 0 aromatic rings. The number of carbonyl (C=O) groups excluding carboxylic acids is 3. The Morgan fingerprint density at radius 1 is 0.302 bits per heavy atom. The summed E-state index contributed by atoms with van der Waals surface area (Å²) in [7, 11) is 0. The lowest BCUT2D eigenvalue weighted by Gasteiger charge is -2.18. The van der Waals surface area contributed by atoms with Crippen LogP contribution in [0.2, 0.25) is 0 Å². The summed E-state index contributed by atoms with van der Waals surface area (Å²) in [6, 6.07) is 0. The summed E-state index contributed by atoms with van der Waals surface area (Å²) < 4.78 is 16.8. The van der Waals surface area contributed by atoms with E-state index < -0.39 is 6.10 Å². The maximum Gasteiger partial charge on any atom is 0.306 e. The van der Waals surface area contributed by atoms with Gasteiger partial charge in [-0.2, -0.15) is 0 Å². The van der Waals surface area contributed by atoms with E-state index in [1.807, 2.05) is 0 Å². The molecule has 0 heterocycles. The minimum absolute atomic E-state index is 0.0705. The van der Waals surface area contributed by atoms with Crippen LogP contribution in [0.15, 0.2) is 24.3 Å². The Balaban J connectivity index is 4.30. The summed E-state index contributed by atoms with van der Waals surface area (Å²) in [5, 5.41) is 0. The van der Waals surface area contributed by atoms with Crippen LogP contribution in [0, 0.1) is 0 Å². The Kier molecular flexibility index (Phi) is 50.8. The van der Waals surface area contributed by atoms with Crippen molar-refractivity contribution in [1.82, 2.24) is 0 Å². The average molecular weight is 887 g/mol. The topological polar surface area (TPSA) is 78.9 Å². The van der Waals surface area contributed by atoms with Gasteiger partial charge in [0.25, 0.3) is 0 Å². The fourth-order valence-corrected chi connectivity index (χ4v) is 8.20. The molecule has 6 nitrogen and oxygen atoms in total. The maximum absolute atomic E-state index is 12.8. The first-order valence-corrected chi connectivity index (χ1v) is 27.8. The number of hydrogen-bond acceptors (Lipinski definition) is 6. The number of carbonyl (C=O) groups is 3. The van der Waals surface area contributed by atoms with Gasteiger partial charge in [-0.1, -0.05) is 238 Å². The average Bonchev–Trinajstić information content (AvgIpc) is 3.28. The van der Waals surface area contributed by atoms with Gasteiger partial charge in [-0.15, -0.1) is 0 Å². The van der Waals surface area contributed by atoms with Crippen LogP contribution in [0.4, 0.5) is 0 Å². The molecule has 0 amide bonds. The van der Waals surface area contributed by atoms with Gasteiger partial charge in [-0.25, -0.2) is 0 Å². The summed E-state index contributed by atoms with van der Waals surface area (Å²) >= 11 is 0. The van der Waals surface area contributed by atoms with E-state index in [0.29, 0.717) is 19.3 Å². The third kappa shape index (κ3) is 50.7. The number of rotatable bonds is 51. The van der Waals surface area contributed by atoms with E-state index in [2.05, 4.69) is 45.1 Å². The van der Waals surface area contributed by atoms with Crippen LogP contribution in [0.3, 0.4) is 0 Å². The van der Waals surface area contributed by atoms with Crippen molar-refractivity contribution in [2.75, 3.05) is 13.2 Å². The molecule has 6 heteroatoms. The van der Waals surface area contributed by atoms with Crippen molar-refractivity contribution in [1.29, 1.82) is 0 Å². The molecule has 63 heavy (non-hydrogen) atoms. The van der Waals surface area contributed by atoms with Crippen LogP contribution in [0.5, 0.6) is 0 Å². The standard InChI is InChI=1S/C57H106O6/c1-4-7-10-13-16-19-22-24-26-27-28-29-31-32-35-38-41-44-47-50-56(59)62-53-54(52-61-55(58)49-46-43-40-37-34-21-18-15-12-9-6-3)63-57(60)51-48-45-42-39-36-33-30-25-23-20-17-14-11-8-5-2/h20,23,27-28,54H,4-19,21-22,24-26,29-53H2,1-3H3/b23-20-,28-27-. The van der Waals surface area contributed by atoms with Crippen LogP contribution in [-0.4, -0.2) is 37.2 Å². The first-order valence-electron chi connectivity index (χ1n) is 27.8. The fraction of sp³-hybridized carbons (Fsp3) is 0.877. The SMILES string of the molecule is CCCCCC/C=C\CCCCCCCCCC(=O)OC(COC(=O)CCCCCCCCC/C=C\CCCCCCCCCC)COC(=O)CCCCCCCCCCCCC. The monoisotopic (exact) mass is 887 g/mol. The van der Waals surface area contributed by atoms with Crippen molar-refractivity contribution in [2.24, 2.45) is 0 Å². The molecule has 0 aliphatic carbocycles. The molecule has 1 unspecified atom stereocenters. The molecule has 0 aromatic carbocycles. The third-order valence-electron chi connectivity index (χ3n) is 12.4. The van der Waals surface area contributed by atoms with Gasteiger partial charge in [0.15, 0.2) is 6.10 Å². The molecule has 0 bridgehead atoms. The molecule has 0 aliphatic rings. The van der Waals surface area contributed by atoms with Crippen molar-refractivity contribution in [3.8, 4) is 0 Å². The molecule has 0 rings (SSSR count). The van der Waals surface area contributed by atoms with Crippen molar-refractivity contribution in [3.63, 3.8) is 0 Å². The molecule has 0 saturated heterocycles. The zero-order chi connectivity index (χ0) is 45.8. The van der Waals surface area contributed by atoms with Crippen molar-refractivity contribution >= 4 is 17.9 Å². The first kappa shape index (κ1) is 60.9. The van der Waals surface area contributed by atoms with E-state index in [1.54, 1.807) is 0 Å². The minimum Gasteiger partial charge on any atom is -0.462 e. The van der Waals surface area contributed by atoms with E-state index in [-0.39, 0.29) is 31.1 Å². The van der Waals surface area contributed by atoms with Crippen LogP contribution in [0.1, 0.15) is 303 Å². The predicted octanol–water partition coefficient (Wildman–Crippen LogP) is 18.3. The quantitative estimate of drug-likeness (QED) is 0.0262. The highest BCUT2D eigenvalue weighted by atomic mass is 16.6. The van der Waals surface area contributed by atoms with Crippen LogP contribution < -0.4 is 0 Å². The van der Waals surface area contributed by atoms with Crippen molar-refractivity contribution < 1.29 is 28.6 Å². The van der Waals surface area contributed by atoms with E-state index in [0.717, 1.165) is 57.8 Å². The first-order chi connectivity index (χ1) is 31.0. The largest absolute Gasteiger partial charge is 0.462 e. The molecule has 0 N–H and O–H groups in total. The highest BCUT2D eigenvalue weighted by Crippen LogP contribution is 2.16. The molecular weight excluding hydrogens is 781 g/mol. The second-order valence-electron chi connectivity index (χ2n) is 18.8. The number of allylic oxidation sites excluding steroid dienone is 4. The molecule has 0 fully saturated rings. The smallest absolute Gasteiger partial charge is 0.306 e. The van der Waals surface area contributed by atoms with Gasteiger partial charge < -0.3 is 14.2 Å². The lowest BCUT2D eigenvalue weighted by atomic mass is 10.1. The molecular formula is C57H106O6. The summed E-state index contributed by atoms with van der Waals surface area (Å²) in [6.45, 7) is 6.65. The highest BCUT2D eigenvalue weighted by Gasteiger charge is 2.19. The fourth-order valence-electron chi connectivity index (χ4n) is 8.20. The molecule has 0 aromatic heterocycles. The molecule has 1 atom stereocenters. The van der Waals surface area contributed by atoms with Gasteiger partial charge in [0.1, 0.15) is 13.2 Å². The van der Waals surface area contributed by atoms with Crippen LogP contribution >= 0.6 is 0 Å². The Bertz CT molecular complexity index is 1020. The molecule has 0 saturated carbocycles. The Labute approximate surface area is 392 Å². The van der Waals surface area contributed by atoms with E-state index in [4.69, 9.17) is 14.2 Å². The number of ether oxygens (including phenoxy) is 3. The highest BCUT2D eigenvalue weighted by molar-refractivity contribution is 5.71. The van der Waals surface area contributed by atoms with Gasteiger partial charge in [0, 0.05) is 19.3 Å². The molecule has 0 aliphatic heterocycles. The number of esters is 3. The Morgan fingerprint density at radius 3 is 0.810 bits per heavy atom. The van der Waals surface area contributed by atoms with Crippen molar-refractivity contribution in [2.45, 2.75) is 309 Å². The predicted molar refractivity (Wildman–Crippen MR) is 270 cm³/mol. The van der Waals surface area contributed by atoms with Gasteiger partial charge in [0.05, 0.1) is 0 Å². The Morgan fingerprint density at radius 2 is 0.524 bits per heavy atom. The third-order valence-corrected chi connectivity index (χ3v) is 12.4. The lowest BCUT2D eigenvalue weighted by Crippen LogP contribution is -2.30. The summed E-state index contributed by atoms with van der Waals surface area (Å²) in [6.07, 6.45) is 60.2. The van der Waals surface area contributed by atoms with Crippen LogP contribution in [-0.2, 0) is 28.6 Å². The maximum atomic E-state index is 12.8. The summed E-state index contributed by atoms with van der Waals surface area (Å²) in [5.41, 5.74) is 0. The number of hydrogen-bond donors (Lipinski definition) is 0. The lowest BCUT2D eigenvalue weighted by molar-refractivity contribution is -0.167. The minimum atomic E-state index is -0.770. The zero-order valence-corrected chi connectivity index (χ0v) is 42.4. The molecule has 0 radical (unpaired) electrons. The molecule has 370 valence electrons. The van der Waals surface area contributed by atoms with Gasteiger partial charge in [0.2, 0.25) is 0 Å². The van der Waals surface area contributed by atoms with E-state index >= 15 is 0 Å². The second-order valence-corrected chi connectivity index (χ2v) is 18.8. The number of unbranched alkanes of at least 4 members (excludes halogenated alkanes) is 36. The van der Waals surface area contributed by atoms with Gasteiger partial charge in [-0.05, 0) is 70.6 Å². The van der Waals surface area contributed by atoms with Gasteiger partial charge >= 0.3 is 17.9 Å². The summed E-state index contributed by atoms with van der Waals surface area (Å²) in [4.78, 5) is 38.0. The summed E-state index contributed by atoms with van der Waals surface area (Å²) in [5.74, 6) is -0.864. The zero-order valence-electron chi connectivity index (χ0n) is 42.4. The van der Waals surface area contributed by atoms with Gasteiger partial charge in [-0.3, -0.25) is 14.4 Å². The second kappa shape index (κ2) is 52.5.